The van der Waals surface area contributed by atoms with Gasteiger partial charge in [-0.1, -0.05) is 42.6 Å². The molecule has 1 aromatic carbocycles. The molecule has 0 atom stereocenters. The van der Waals surface area contributed by atoms with Gasteiger partial charge in [-0.15, -0.1) is 5.10 Å². The highest BCUT2D eigenvalue weighted by Gasteiger charge is 2.12. The summed E-state index contributed by atoms with van der Waals surface area (Å²) in [6.45, 7) is 1.94. The molecule has 0 aliphatic heterocycles. The van der Waals surface area contributed by atoms with Gasteiger partial charge in [0.05, 0.1) is 11.4 Å². The number of para-hydroxylation sites is 1. The molecule has 0 spiro atoms. The van der Waals surface area contributed by atoms with Gasteiger partial charge in [-0.05, 0) is 12.1 Å². The molecular formula is C13H14F2N4OS2. The summed E-state index contributed by atoms with van der Waals surface area (Å²) in [5.41, 5.74) is 0.377. The summed E-state index contributed by atoms with van der Waals surface area (Å²) in [6.07, 6.45) is 0.734. The minimum atomic E-state index is -2.53. The number of hydrogen-bond donors (Lipinski definition) is 2. The molecule has 5 nitrogen and oxygen atoms in total. The maximum atomic E-state index is 12.5. The Morgan fingerprint density at radius 2 is 2.18 bits per heavy atom. The molecule has 2 N–H and O–H groups in total. The molecule has 0 bridgehead atoms. The van der Waals surface area contributed by atoms with Crippen LogP contribution in [-0.4, -0.2) is 32.6 Å². The van der Waals surface area contributed by atoms with Gasteiger partial charge in [0.25, 0.3) is 5.76 Å². The lowest BCUT2D eigenvalue weighted by Crippen LogP contribution is -2.14. The van der Waals surface area contributed by atoms with Crippen molar-refractivity contribution in [1.82, 2.24) is 15.2 Å². The van der Waals surface area contributed by atoms with Crippen molar-refractivity contribution in [3.05, 3.63) is 30.1 Å². The van der Waals surface area contributed by atoms with Crippen LogP contribution in [0.4, 0.5) is 14.5 Å². The van der Waals surface area contributed by atoms with Crippen molar-refractivity contribution in [2.75, 3.05) is 11.1 Å². The highest BCUT2D eigenvalue weighted by molar-refractivity contribution is 8.00. The smallest absolute Gasteiger partial charge is 0.288 e. The van der Waals surface area contributed by atoms with Crippen LogP contribution in [0.3, 0.4) is 0 Å². The minimum Gasteiger partial charge on any atom is -0.324 e. The second-order valence-corrected chi connectivity index (χ2v) is 6.10. The highest BCUT2D eigenvalue weighted by Crippen LogP contribution is 2.31. The molecule has 2 rings (SSSR count). The van der Waals surface area contributed by atoms with Crippen LogP contribution in [0, 0.1) is 0 Å². The largest absolute Gasteiger partial charge is 0.324 e. The molecule has 2 aromatic rings. The predicted octanol–water partition coefficient (Wildman–Crippen LogP) is 3.41. The van der Waals surface area contributed by atoms with Crippen molar-refractivity contribution in [1.29, 1.82) is 0 Å². The zero-order valence-corrected chi connectivity index (χ0v) is 13.3. The van der Waals surface area contributed by atoms with Crippen LogP contribution in [0.1, 0.15) is 12.7 Å². The minimum absolute atomic E-state index is 0.106. The lowest BCUT2D eigenvalue weighted by molar-refractivity contribution is -0.113. The van der Waals surface area contributed by atoms with Crippen molar-refractivity contribution >= 4 is 35.1 Å². The topological polar surface area (TPSA) is 70.7 Å². The first-order valence-electron chi connectivity index (χ1n) is 6.46. The Hall–Kier alpha value is -1.61. The number of nitrogens with zero attached hydrogens (tertiary/aromatic N) is 2. The summed E-state index contributed by atoms with van der Waals surface area (Å²) < 4.78 is 24.9. The SMILES string of the molecule is CCc1nc(SCC(=O)Nc2ccccc2SC(F)F)n[nH]1. The number of carbonyl (C=O) groups excluding carboxylic acids is 1. The van der Waals surface area contributed by atoms with E-state index < -0.39 is 5.76 Å². The zero-order chi connectivity index (χ0) is 15.9. The van der Waals surface area contributed by atoms with Crippen molar-refractivity contribution in [2.45, 2.75) is 29.2 Å². The van der Waals surface area contributed by atoms with Crippen LogP contribution in [0.25, 0.3) is 0 Å². The third-order valence-electron chi connectivity index (χ3n) is 2.56. The fourth-order valence-electron chi connectivity index (χ4n) is 1.59. The molecule has 0 fully saturated rings. The van der Waals surface area contributed by atoms with Gasteiger partial charge in [-0.25, -0.2) is 4.98 Å². The van der Waals surface area contributed by atoms with E-state index in [1.807, 2.05) is 6.92 Å². The maximum Gasteiger partial charge on any atom is 0.288 e. The van der Waals surface area contributed by atoms with E-state index >= 15 is 0 Å². The number of aryl methyl sites for hydroxylation is 1. The number of hydrogen-bond acceptors (Lipinski definition) is 5. The van der Waals surface area contributed by atoms with E-state index in [1.165, 1.54) is 11.8 Å². The monoisotopic (exact) mass is 344 g/mol. The first-order valence-corrected chi connectivity index (χ1v) is 8.32. The number of halogens is 2. The van der Waals surface area contributed by atoms with Gasteiger partial charge >= 0.3 is 0 Å². The number of benzene rings is 1. The maximum absolute atomic E-state index is 12.5. The van der Waals surface area contributed by atoms with Gasteiger partial charge in [-0.2, -0.15) is 8.78 Å². The molecule has 0 radical (unpaired) electrons. The summed E-state index contributed by atoms with van der Waals surface area (Å²) in [4.78, 5) is 16.4. The number of thioether (sulfide) groups is 2. The molecule has 118 valence electrons. The Kier molecular flexibility index (Phi) is 6.20. The van der Waals surface area contributed by atoms with E-state index in [4.69, 9.17) is 0 Å². The predicted molar refractivity (Wildman–Crippen MR) is 83.4 cm³/mol. The third-order valence-corrected chi connectivity index (χ3v) is 4.19. The molecule has 1 amide bonds. The number of H-pyrrole nitrogens is 1. The van der Waals surface area contributed by atoms with Crippen molar-refractivity contribution in [3.8, 4) is 0 Å². The van der Waals surface area contributed by atoms with E-state index in [9.17, 15) is 13.6 Å². The molecule has 1 aromatic heterocycles. The van der Waals surface area contributed by atoms with Gasteiger partial charge in [0.2, 0.25) is 11.1 Å². The van der Waals surface area contributed by atoms with E-state index in [1.54, 1.807) is 24.3 Å². The third kappa shape index (κ3) is 4.99. The molecule has 22 heavy (non-hydrogen) atoms. The van der Waals surface area contributed by atoms with E-state index in [-0.39, 0.29) is 11.7 Å². The van der Waals surface area contributed by atoms with Crippen molar-refractivity contribution < 1.29 is 13.6 Å². The van der Waals surface area contributed by atoms with Gasteiger partial charge in [0.1, 0.15) is 5.82 Å². The quantitative estimate of drug-likeness (QED) is 0.753. The fourth-order valence-corrected chi connectivity index (χ4v) is 2.80. The molecule has 0 saturated carbocycles. The summed E-state index contributed by atoms with van der Waals surface area (Å²) >= 11 is 1.59. The van der Waals surface area contributed by atoms with Crippen LogP contribution >= 0.6 is 23.5 Å². The Labute approximate surface area is 134 Å². The number of anilines is 1. The van der Waals surface area contributed by atoms with E-state index in [0.29, 0.717) is 27.5 Å². The lowest BCUT2D eigenvalue weighted by Gasteiger charge is -2.09. The van der Waals surface area contributed by atoms with E-state index in [0.717, 1.165) is 12.2 Å². The summed E-state index contributed by atoms with van der Waals surface area (Å²) in [5, 5.41) is 9.84. The van der Waals surface area contributed by atoms with Crippen LogP contribution in [0.15, 0.2) is 34.3 Å². The Morgan fingerprint density at radius 3 is 2.86 bits per heavy atom. The Morgan fingerprint density at radius 1 is 1.41 bits per heavy atom. The second kappa shape index (κ2) is 8.14. The van der Waals surface area contributed by atoms with Crippen molar-refractivity contribution in [2.24, 2.45) is 0 Å². The number of nitrogens with one attached hydrogen (secondary N) is 2. The fraction of sp³-hybridized carbons (Fsp3) is 0.308. The average Bonchev–Trinajstić information content (AvgIpc) is 2.95. The summed E-state index contributed by atoms with van der Waals surface area (Å²) in [6, 6.07) is 6.47. The van der Waals surface area contributed by atoms with Gasteiger partial charge in [0, 0.05) is 11.3 Å². The molecule has 0 unspecified atom stereocenters. The Balaban J connectivity index is 1.91. The molecule has 0 saturated heterocycles. The Bertz CT molecular complexity index is 636. The van der Waals surface area contributed by atoms with Crippen LogP contribution in [-0.2, 0) is 11.2 Å². The first-order chi connectivity index (χ1) is 10.6. The molecular weight excluding hydrogens is 330 g/mol. The van der Waals surface area contributed by atoms with Crippen LogP contribution in [0.5, 0.6) is 0 Å². The summed E-state index contributed by atoms with van der Waals surface area (Å²) in [7, 11) is 0. The first kappa shape index (κ1) is 16.8. The van der Waals surface area contributed by atoms with Crippen LogP contribution < -0.4 is 5.32 Å². The van der Waals surface area contributed by atoms with Crippen molar-refractivity contribution in [3.63, 3.8) is 0 Å². The number of rotatable bonds is 7. The number of amides is 1. The molecule has 0 aliphatic carbocycles. The number of carbonyl (C=O) groups is 1. The number of aromatic nitrogens is 3. The van der Waals surface area contributed by atoms with Gasteiger partial charge in [-0.3, -0.25) is 9.89 Å². The van der Waals surface area contributed by atoms with Gasteiger partial charge < -0.3 is 5.32 Å². The number of alkyl halides is 2. The molecule has 0 aliphatic rings. The average molecular weight is 344 g/mol. The highest BCUT2D eigenvalue weighted by atomic mass is 32.2. The van der Waals surface area contributed by atoms with E-state index in [2.05, 4.69) is 20.5 Å². The van der Waals surface area contributed by atoms with Crippen LogP contribution in [0.2, 0.25) is 0 Å². The summed E-state index contributed by atoms with van der Waals surface area (Å²) in [5.74, 6) is -1.97. The molecule has 1 heterocycles. The zero-order valence-electron chi connectivity index (χ0n) is 11.7. The normalized spacial score (nSPS) is 10.9. The lowest BCUT2D eigenvalue weighted by atomic mass is 10.3. The van der Waals surface area contributed by atoms with Gasteiger partial charge in [0.15, 0.2) is 0 Å². The number of aromatic amines is 1. The second-order valence-electron chi connectivity index (χ2n) is 4.13. The standard InChI is InChI=1S/C13H14F2N4OS2/c1-2-10-17-13(19-18-10)21-7-11(20)16-8-5-3-4-6-9(8)22-12(14)15/h3-6,12H,2,7H2,1H3,(H,16,20)(H,17,18,19). The molecule has 9 heteroatoms.